The molecule has 0 aliphatic heterocycles. The molecular weight excluding hydrogens is 401 g/mol. The molecule has 1 heterocycles. The van der Waals surface area contributed by atoms with Crippen LogP contribution in [0.5, 0.6) is 5.75 Å². The SMILES string of the molecule is COc1cc2c(CC(=O)OC3CCC3)c(C)n(C(=S)c3ccc(C)cc3)c2cc1F. The maximum atomic E-state index is 14.6. The van der Waals surface area contributed by atoms with Gasteiger partial charge in [0.25, 0.3) is 0 Å². The standard InChI is InChI=1S/C24H24FNO3S/c1-14-7-9-16(10-8-14)24(30)26-15(2)18(12-23(27)29-17-5-4-6-17)19-11-22(28-3)20(25)13-21(19)26/h7-11,13,17H,4-6,12H2,1-3H3. The lowest BCUT2D eigenvalue weighted by Gasteiger charge is -2.25. The summed E-state index contributed by atoms with van der Waals surface area (Å²) < 4.78 is 27.1. The molecule has 0 atom stereocenters. The Labute approximate surface area is 180 Å². The minimum atomic E-state index is -0.473. The number of nitrogens with zero attached hydrogens (tertiary/aromatic N) is 1. The topological polar surface area (TPSA) is 40.5 Å². The van der Waals surface area contributed by atoms with Crippen LogP contribution in [-0.2, 0) is 16.0 Å². The van der Waals surface area contributed by atoms with Gasteiger partial charge in [-0.15, -0.1) is 0 Å². The summed E-state index contributed by atoms with van der Waals surface area (Å²) in [5.41, 5.74) is 4.18. The summed E-state index contributed by atoms with van der Waals surface area (Å²) in [7, 11) is 1.43. The van der Waals surface area contributed by atoms with E-state index in [4.69, 9.17) is 21.7 Å². The fraction of sp³-hybridized carbons (Fsp3) is 0.333. The number of hydrogen-bond acceptors (Lipinski definition) is 4. The molecule has 0 N–H and O–H groups in total. The van der Waals surface area contributed by atoms with Crippen molar-refractivity contribution in [1.29, 1.82) is 0 Å². The molecule has 30 heavy (non-hydrogen) atoms. The minimum Gasteiger partial charge on any atom is -0.494 e. The second-order valence-electron chi connectivity index (χ2n) is 7.79. The highest BCUT2D eigenvalue weighted by Gasteiger charge is 2.25. The van der Waals surface area contributed by atoms with Gasteiger partial charge in [-0.2, -0.15) is 0 Å². The third-order valence-corrected chi connectivity index (χ3v) is 6.20. The Morgan fingerprint density at radius 3 is 2.50 bits per heavy atom. The van der Waals surface area contributed by atoms with Crippen LogP contribution in [0, 0.1) is 19.7 Å². The van der Waals surface area contributed by atoms with Crippen molar-refractivity contribution in [3.8, 4) is 5.75 Å². The zero-order chi connectivity index (χ0) is 21.4. The molecule has 156 valence electrons. The third-order valence-electron chi connectivity index (χ3n) is 5.78. The van der Waals surface area contributed by atoms with Crippen LogP contribution >= 0.6 is 12.2 Å². The molecule has 0 saturated heterocycles. The molecule has 1 aliphatic rings. The predicted octanol–water partition coefficient (Wildman–Crippen LogP) is 5.27. The van der Waals surface area contributed by atoms with Crippen LogP contribution in [0.15, 0.2) is 36.4 Å². The number of hydrogen-bond donors (Lipinski definition) is 0. The highest BCUT2D eigenvalue weighted by atomic mass is 32.1. The van der Waals surface area contributed by atoms with E-state index in [-0.39, 0.29) is 24.2 Å². The average molecular weight is 426 g/mol. The Balaban J connectivity index is 1.81. The normalized spacial score (nSPS) is 13.9. The number of esters is 1. The number of ether oxygens (including phenoxy) is 2. The molecule has 1 fully saturated rings. The molecule has 1 saturated carbocycles. The quantitative estimate of drug-likeness (QED) is 0.413. The van der Waals surface area contributed by atoms with Crippen molar-refractivity contribution < 1.29 is 18.7 Å². The van der Waals surface area contributed by atoms with Crippen LogP contribution in [0.25, 0.3) is 10.9 Å². The van der Waals surface area contributed by atoms with E-state index in [1.54, 1.807) is 6.07 Å². The number of thiocarbonyl (C=S) groups is 1. The lowest BCUT2D eigenvalue weighted by atomic mass is 9.96. The smallest absolute Gasteiger partial charge is 0.310 e. The molecule has 4 nitrogen and oxygen atoms in total. The number of carbonyl (C=O) groups is 1. The molecule has 0 spiro atoms. The summed E-state index contributed by atoms with van der Waals surface area (Å²) in [4.78, 5) is 13.1. The van der Waals surface area contributed by atoms with Crippen molar-refractivity contribution in [2.24, 2.45) is 0 Å². The molecule has 6 heteroatoms. The van der Waals surface area contributed by atoms with Gasteiger partial charge in [0.15, 0.2) is 11.6 Å². The summed E-state index contributed by atoms with van der Waals surface area (Å²) in [6.45, 7) is 3.91. The van der Waals surface area contributed by atoms with Crippen LogP contribution in [0.4, 0.5) is 4.39 Å². The lowest BCUT2D eigenvalue weighted by Crippen LogP contribution is -2.26. The fourth-order valence-electron chi connectivity index (χ4n) is 3.81. The van der Waals surface area contributed by atoms with Crippen LogP contribution < -0.4 is 4.74 Å². The van der Waals surface area contributed by atoms with Gasteiger partial charge in [0.1, 0.15) is 11.1 Å². The van der Waals surface area contributed by atoms with Crippen LogP contribution in [0.3, 0.4) is 0 Å². The van der Waals surface area contributed by atoms with Crippen molar-refractivity contribution in [2.75, 3.05) is 7.11 Å². The first-order chi connectivity index (χ1) is 14.4. The Hall–Kier alpha value is -2.73. The number of aromatic nitrogens is 1. The van der Waals surface area contributed by atoms with Crippen molar-refractivity contribution in [3.05, 3.63) is 64.6 Å². The monoisotopic (exact) mass is 425 g/mol. The number of halogens is 1. The molecule has 4 rings (SSSR count). The summed E-state index contributed by atoms with van der Waals surface area (Å²) >= 11 is 5.77. The van der Waals surface area contributed by atoms with Crippen LogP contribution in [-0.4, -0.2) is 28.7 Å². The van der Waals surface area contributed by atoms with Gasteiger partial charge in [0, 0.05) is 22.7 Å². The third kappa shape index (κ3) is 3.72. The zero-order valence-electron chi connectivity index (χ0n) is 17.3. The van der Waals surface area contributed by atoms with Gasteiger partial charge in [0.2, 0.25) is 0 Å². The van der Waals surface area contributed by atoms with E-state index in [9.17, 15) is 9.18 Å². The molecule has 0 unspecified atom stereocenters. The number of rotatable bonds is 5. The second kappa shape index (κ2) is 8.19. The van der Waals surface area contributed by atoms with Crippen molar-refractivity contribution in [3.63, 3.8) is 0 Å². The number of fused-ring (bicyclic) bond motifs is 1. The summed E-state index contributed by atoms with van der Waals surface area (Å²) in [5, 5.41) is 0.741. The van der Waals surface area contributed by atoms with Gasteiger partial charge in [-0.1, -0.05) is 42.0 Å². The summed E-state index contributed by atoms with van der Waals surface area (Å²) in [6, 6.07) is 10.9. The summed E-state index contributed by atoms with van der Waals surface area (Å²) in [5.74, 6) is -0.611. The van der Waals surface area contributed by atoms with Gasteiger partial charge in [0.05, 0.1) is 19.0 Å². The molecule has 0 bridgehead atoms. The molecule has 0 amide bonds. The van der Waals surface area contributed by atoms with Crippen LogP contribution in [0.2, 0.25) is 0 Å². The largest absolute Gasteiger partial charge is 0.494 e. The van der Waals surface area contributed by atoms with E-state index < -0.39 is 5.82 Å². The zero-order valence-corrected chi connectivity index (χ0v) is 18.1. The van der Waals surface area contributed by atoms with Crippen molar-refractivity contribution >= 4 is 34.1 Å². The van der Waals surface area contributed by atoms with E-state index in [0.29, 0.717) is 10.5 Å². The molecule has 1 aliphatic carbocycles. The van der Waals surface area contributed by atoms with Crippen LogP contribution in [0.1, 0.15) is 41.6 Å². The number of carbonyl (C=O) groups excluding carboxylic acids is 1. The van der Waals surface area contributed by atoms with Crippen molar-refractivity contribution in [2.45, 2.75) is 45.6 Å². The first-order valence-corrected chi connectivity index (χ1v) is 10.5. The second-order valence-corrected chi connectivity index (χ2v) is 8.18. The predicted molar refractivity (Wildman–Crippen MR) is 119 cm³/mol. The highest BCUT2D eigenvalue weighted by molar-refractivity contribution is 7.80. The van der Waals surface area contributed by atoms with E-state index in [2.05, 4.69) is 0 Å². The van der Waals surface area contributed by atoms with E-state index in [1.807, 2.05) is 42.7 Å². The van der Waals surface area contributed by atoms with Crippen molar-refractivity contribution in [1.82, 2.24) is 4.57 Å². The highest BCUT2D eigenvalue weighted by Crippen LogP contribution is 2.33. The van der Waals surface area contributed by atoms with E-state index in [0.717, 1.165) is 47.0 Å². The Kier molecular flexibility index (Phi) is 5.60. The fourth-order valence-corrected chi connectivity index (χ4v) is 4.18. The van der Waals surface area contributed by atoms with Gasteiger partial charge in [-0.05, 0) is 44.7 Å². The number of aryl methyl sites for hydroxylation is 1. The first-order valence-electron chi connectivity index (χ1n) is 10.1. The first kappa shape index (κ1) is 20.5. The maximum absolute atomic E-state index is 14.6. The minimum absolute atomic E-state index is 0.0202. The lowest BCUT2D eigenvalue weighted by molar-refractivity contribution is -0.152. The average Bonchev–Trinajstić information content (AvgIpc) is 2.94. The Morgan fingerprint density at radius 2 is 1.90 bits per heavy atom. The summed E-state index contributed by atoms with van der Waals surface area (Å²) in [6.07, 6.45) is 3.06. The van der Waals surface area contributed by atoms with E-state index >= 15 is 0 Å². The Morgan fingerprint density at radius 1 is 1.20 bits per heavy atom. The van der Waals surface area contributed by atoms with E-state index in [1.165, 1.54) is 13.2 Å². The number of benzene rings is 2. The van der Waals surface area contributed by atoms with Gasteiger partial charge in [-0.25, -0.2) is 4.39 Å². The molecule has 2 aromatic carbocycles. The Bertz CT molecular complexity index is 1130. The maximum Gasteiger partial charge on any atom is 0.310 e. The molecule has 0 radical (unpaired) electrons. The molecule has 1 aromatic heterocycles. The van der Waals surface area contributed by atoms with Gasteiger partial charge >= 0.3 is 5.97 Å². The molecule has 3 aromatic rings. The number of methoxy groups -OCH3 is 1. The molecular formula is C24H24FNO3S. The van der Waals surface area contributed by atoms with Gasteiger partial charge in [-0.3, -0.25) is 4.79 Å². The van der Waals surface area contributed by atoms with Gasteiger partial charge < -0.3 is 14.0 Å².